The highest BCUT2D eigenvalue weighted by atomic mass is 16.5. The fraction of sp³-hybridized carbons (Fsp3) is 0.553. The summed E-state index contributed by atoms with van der Waals surface area (Å²) >= 11 is 0. The summed E-state index contributed by atoms with van der Waals surface area (Å²) in [6.07, 6.45) is 1.31. The largest absolute Gasteiger partial charge is 0.480 e. The van der Waals surface area contributed by atoms with Crippen LogP contribution in [0, 0.1) is 11.8 Å². The second kappa shape index (κ2) is 30.4. The number of ether oxygens (including phenoxy) is 3. The number of aliphatic hydroxyl groups is 1. The molecule has 7 amide bonds. The van der Waals surface area contributed by atoms with Crippen molar-refractivity contribution in [3.63, 3.8) is 0 Å². The smallest absolute Gasteiger partial charge is 0.326 e. The van der Waals surface area contributed by atoms with E-state index in [1.54, 1.807) is 20.1 Å². The van der Waals surface area contributed by atoms with Crippen LogP contribution in [0.25, 0.3) is 0 Å². The van der Waals surface area contributed by atoms with E-state index in [9.17, 15) is 68.1 Å². The summed E-state index contributed by atoms with van der Waals surface area (Å²) in [5.74, 6) is -13.7. The third kappa shape index (κ3) is 21.1. The van der Waals surface area contributed by atoms with Gasteiger partial charge in [-0.2, -0.15) is 0 Å². The van der Waals surface area contributed by atoms with Gasteiger partial charge in [0.15, 0.2) is 0 Å². The fourth-order valence-electron chi connectivity index (χ4n) is 7.08. The number of benzene rings is 1. The fourth-order valence-corrected chi connectivity index (χ4v) is 7.08. The second-order valence-corrected chi connectivity index (χ2v) is 16.9. The molecule has 2 rings (SSSR count). The number of hydrogen-bond donors (Lipinski definition) is 10. The highest BCUT2D eigenvalue weighted by molar-refractivity contribution is 5.96. The molecule has 1 heterocycles. The number of methoxy groups -OCH3 is 3. The highest BCUT2D eigenvalue weighted by Crippen LogP contribution is 2.18. The highest BCUT2D eigenvalue weighted by Gasteiger charge is 2.35. The third-order valence-corrected chi connectivity index (χ3v) is 11.4. The maximum absolute atomic E-state index is 14.2. The van der Waals surface area contributed by atoms with Gasteiger partial charge in [0.25, 0.3) is 0 Å². The van der Waals surface area contributed by atoms with Crippen LogP contribution in [0.15, 0.2) is 54.1 Å². The molecule has 1 aromatic rings. The predicted molar refractivity (Wildman–Crippen MR) is 250 cm³/mol. The van der Waals surface area contributed by atoms with E-state index in [2.05, 4.69) is 42.0 Å². The van der Waals surface area contributed by atoms with Gasteiger partial charge in [0, 0.05) is 32.3 Å². The Labute approximate surface area is 410 Å². The molecule has 24 heteroatoms. The molecule has 1 fully saturated rings. The summed E-state index contributed by atoms with van der Waals surface area (Å²) in [5.41, 5.74) is 1.69. The molecular weight excluding hydrogens is 935 g/mol. The van der Waals surface area contributed by atoms with Gasteiger partial charge in [0.05, 0.1) is 45.3 Å². The van der Waals surface area contributed by atoms with Crippen molar-refractivity contribution in [1.29, 1.82) is 0 Å². The van der Waals surface area contributed by atoms with Crippen LogP contribution in [0.5, 0.6) is 0 Å². The first-order valence-corrected chi connectivity index (χ1v) is 22.8. The zero-order chi connectivity index (χ0) is 53.4. The number of carboxylic acid groups (broad SMARTS) is 2. The molecule has 10 atom stereocenters. The molecular formula is C47H67N7O17. The van der Waals surface area contributed by atoms with Crippen LogP contribution in [0.1, 0.15) is 78.2 Å². The molecule has 1 aliphatic heterocycles. The minimum atomic E-state index is -2.02. The summed E-state index contributed by atoms with van der Waals surface area (Å²) in [4.78, 5) is 144. The molecule has 0 unspecified atom stereocenters. The zero-order valence-electron chi connectivity index (χ0n) is 40.8. The Bertz CT molecular complexity index is 2120. The summed E-state index contributed by atoms with van der Waals surface area (Å²) in [7, 11) is 3.72. The van der Waals surface area contributed by atoms with Crippen molar-refractivity contribution in [1.82, 2.24) is 37.2 Å². The molecule has 24 nitrogen and oxygen atoms in total. The van der Waals surface area contributed by atoms with Crippen molar-refractivity contribution < 1.29 is 82.3 Å². The molecule has 0 saturated carbocycles. The first-order chi connectivity index (χ1) is 33.5. The molecule has 0 radical (unpaired) electrons. The van der Waals surface area contributed by atoms with Crippen LogP contribution in [0.3, 0.4) is 0 Å². The van der Waals surface area contributed by atoms with Gasteiger partial charge in [-0.3, -0.25) is 43.2 Å². The minimum Gasteiger partial charge on any atom is -0.480 e. The van der Waals surface area contributed by atoms with E-state index < -0.39 is 165 Å². The number of aliphatic hydroxyl groups excluding tert-OH is 1. The van der Waals surface area contributed by atoms with Gasteiger partial charge in [-0.25, -0.2) is 9.59 Å². The number of rotatable bonds is 16. The van der Waals surface area contributed by atoms with E-state index in [0.29, 0.717) is 12.0 Å². The number of nitrogens with one attached hydrogen (secondary N) is 7. The number of carbonyl (C=O) groups excluding carboxylic acids is 9. The number of aliphatic carboxylic acids is 2. The van der Waals surface area contributed by atoms with E-state index in [1.807, 2.05) is 43.3 Å². The van der Waals surface area contributed by atoms with Gasteiger partial charge in [0.1, 0.15) is 36.3 Å². The molecule has 1 aliphatic rings. The Morgan fingerprint density at radius 2 is 1.23 bits per heavy atom. The summed E-state index contributed by atoms with van der Waals surface area (Å²) < 4.78 is 15.1. The lowest BCUT2D eigenvalue weighted by atomic mass is 9.94. The number of hydrogen-bond acceptors (Lipinski definition) is 15. The predicted octanol–water partition coefficient (Wildman–Crippen LogP) is -1.32. The van der Waals surface area contributed by atoms with Gasteiger partial charge in [-0.05, 0) is 45.1 Å². The molecule has 10 N–H and O–H groups in total. The maximum atomic E-state index is 14.2. The number of carbonyl (C=O) groups is 11. The van der Waals surface area contributed by atoms with E-state index in [-0.39, 0.29) is 12.0 Å². The standard InChI is InChI=1S/C47H67N7O17/c1-25(21-26(2)36(69-5)22-29-11-9-8-10-12-29)13-14-30-27(3)41(60)53-33(46(65)66)15-18-37(56)50-35(24-55)45(64)48-28(4)42(61)52-32(17-20-40(59)71-7)44(63)54-34(47(67)68)23-38(57)49-31(43(62)51-30)16-19-39(58)70-6/h8-14,21,26-28,30-36,55H,15-20,22-24H2,1-7H3,(H,48,64)(H,49,57)(H,50,56)(H,51,62)(H,52,61)(H,53,60)(H,54,63)(H,65,66)(H,67,68)/t26-,27-,28+,30-,31-,32-,33+,34+,35-,36-/m0/s1. The van der Waals surface area contributed by atoms with Crippen molar-refractivity contribution in [2.45, 2.75) is 127 Å². The number of esters is 2. The first kappa shape index (κ1) is 59.9. The van der Waals surface area contributed by atoms with E-state index in [4.69, 9.17) is 9.47 Å². The molecule has 0 aliphatic carbocycles. The average molecular weight is 1000 g/mol. The lowest BCUT2D eigenvalue weighted by Gasteiger charge is -2.27. The van der Waals surface area contributed by atoms with Crippen LogP contribution >= 0.6 is 0 Å². The Balaban J connectivity index is 2.68. The number of carboxylic acids is 2. The third-order valence-electron chi connectivity index (χ3n) is 11.4. The molecule has 71 heavy (non-hydrogen) atoms. The van der Waals surface area contributed by atoms with Crippen molar-refractivity contribution in [3.05, 3.63) is 59.7 Å². The monoisotopic (exact) mass is 1000 g/mol. The quantitative estimate of drug-likeness (QED) is 0.0678. The Morgan fingerprint density at radius 1 is 0.690 bits per heavy atom. The van der Waals surface area contributed by atoms with Gasteiger partial charge in [0.2, 0.25) is 41.4 Å². The Morgan fingerprint density at radius 3 is 1.77 bits per heavy atom. The lowest BCUT2D eigenvalue weighted by Crippen LogP contribution is -2.58. The van der Waals surface area contributed by atoms with Gasteiger partial charge in [-0.15, -0.1) is 0 Å². The Kier molecular flexibility index (Phi) is 25.7. The molecule has 0 spiro atoms. The SMILES string of the molecule is COC(=O)CC[C@@H]1NC(=O)C[C@H](C(=O)O)NC(=O)[C@H](CCC(=O)OC)NC(=O)[C@@H](C)NC(=O)[C@H](CO)NC(=O)CC[C@H](C(=O)O)NC(=O)[C@@H](C)[C@H](C=CC(C)=C[C@H](C)[C@H](Cc2ccccc2)OC)NC1=O. The van der Waals surface area contributed by atoms with E-state index >= 15 is 0 Å². The summed E-state index contributed by atoms with van der Waals surface area (Å²) in [5, 5.41) is 46.3. The summed E-state index contributed by atoms with van der Waals surface area (Å²) in [6.45, 7) is 5.21. The van der Waals surface area contributed by atoms with Crippen LogP contribution in [0.4, 0.5) is 0 Å². The number of amides is 7. The molecule has 1 saturated heterocycles. The first-order valence-electron chi connectivity index (χ1n) is 22.8. The van der Waals surface area contributed by atoms with Crippen LogP contribution in [-0.4, -0.2) is 157 Å². The minimum absolute atomic E-state index is 0.160. The van der Waals surface area contributed by atoms with Crippen LogP contribution in [0.2, 0.25) is 0 Å². The van der Waals surface area contributed by atoms with E-state index in [0.717, 1.165) is 26.7 Å². The number of allylic oxidation sites excluding steroid dienone is 2. The normalized spacial score (nSPS) is 25.0. The van der Waals surface area contributed by atoms with E-state index in [1.165, 1.54) is 13.0 Å². The van der Waals surface area contributed by atoms with Crippen molar-refractivity contribution >= 4 is 65.2 Å². The van der Waals surface area contributed by atoms with Crippen molar-refractivity contribution in [2.24, 2.45) is 11.8 Å². The Hall–Kier alpha value is -7.21. The molecule has 1 aromatic carbocycles. The van der Waals surface area contributed by atoms with Gasteiger partial charge < -0.3 is 66.7 Å². The van der Waals surface area contributed by atoms with Crippen molar-refractivity contribution in [2.75, 3.05) is 27.9 Å². The van der Waals surface area contributed by atoms with Crippen molar-refractivity contribution in [3.8, 4) is 0 Å². The maximum Gasteiger partial charge on any atom is 0.326 e. The van der Waals surface area contributed by atoms with Crippen LogP contribution in [-0.2, 0) is 73.4 Å². The molecule has 0 bridgehead atoms. The molecule has 0 aromatic heterocycles. The zero-order valence-corrected chi connectivity index (χ0v) is 40.8. The molecule has 392 valence electrons. The topological polar surface area (TPSA) is 360 Å². The lowest BCUT2D eigenvalue weighted by molar-refractivity contribution is -0.145. The average Bonchev–Trinajstić information content (AvgIpc) is 3.33. The van der Waals surface area contributed by atoms with Crippen LogP contribution < -0.4 is 37.2 Å². The van der Waals surface area contributed by atoms with Gasteiger partial charge in [-0.1, -0.05) is 68.0 Å². The van der Waals surface area contributed by atoms with Gasteiger partial charge >= 0.3 is 23.9 Å². The summed E-state index contributed by atoms with van der Waals surface area (Å²) in [6, 6.07) is -1.81. The second-order valence-electron chi connectivity index (χ2n) is 16.9.